The molecule has 1 aliphatic heterocycles. The van der Waals surface area contributed by atoms with Gasteiger partial charge in [0.05, 0.1) is 0 Å². The minimum Gasteiger partial charge on any atom is -0.399 e. The fourth-order valence-electron chi connectivity index (χ4n) is 2.35. The molecule has 1 saturated heterocycles. The lowest BCUT2D eigenvalue weighted by atomic mass is 10.1. The fraction of sp³-hybridized carbons (Fsp3) is 0.429. The average Bonchev–Trinajstić information content (AvgIpc) is 2.62. The Bertz CT molecular complexity index is 513. The van der Waals surface area contributed by atoms with Gasteiger partial charge in [-0.25, -0.2) is 0 Å². The summed E-state index contributed by atoms with van der Waals surface area (Å²) in [5.41, 5.74) is 6.68. The van der Waals surface area contributed by atoms with E-state index in [-0.39, 0.29) is 11.8 Å². The molecule has 0 spiro atoms. The van der Waals surface area contributed by atoms with Gasteiger partial charge in [-0.2, -0.15) is 0 Å². The summed E-state index contributed by atoms with van der Waals surface area (Å²) in [6.45, 7) is 3.98. The second-order valence-electron chi connectivity index (χ2n) is 4.93. The number of nitrogens with zero attached hydrogens (tertiary/aromatic N) is 2. The van der Waals surface area contributed by atoms with Crippen LogP contribution in [-0.2, 0) is 4.79 Å². The van der Waals surface area contributed by atoms with Gasteiger partial charge in [0.2, 0.25) is 5.91 Å². The standard InChI is InChI=1S/C14H18ClN3O2/c1-10(19)17-3-2-4-18(6-5-17)14(20)11-7-12(15)9-13(16)8-11/h7-9H,2-6,16H2,1H3. The first-order valence-electron chi connectivity index (χ1n) is 6.58. The zero-order valence-corrected chi connectivity index (χ0v) is 12.2. The average molecular weight is 296 g/mol. The summed E-state index contributed by atoms with van der Waals surface area (Å²) in [7, 11) is 0. The van der Waals surface area contributed by atoms with Crippen LogP contribution in [0.3, 0.4) is 0 Å². The maximum absolute atomic E-state index is 12.4. The van der Waals surface area contributed by atoms with Crippen molar-refractivity contribution in [3.05, 3.63) is 28.8 Å². The molecule has 1 aromatic carbocycles. The molecule has 0 radical (unpaired) electrons. The largest absolute Gasteiger partial charge is 0.399 e. The number of anilines is 1. The lowest BCUT2D eigenvalue weighted by molar-refractivity contribution is -0.128. The predicted molar refractivity (Wildman–Crippen MR) is 78.6 cm³/mol. The number of hydrogen-bond donors (Lipinski definition) is 1. The van der Waals surface area contributed by atoms with E-state index in [1.807, 2.05) is 0 Å². The Morgan fingerprint density at radius 3 is 2.40 bits per heavy atom. The Kier molecular flexibility index (Phi) is 4.49. The van der Waals surface area contributed by atoms with E-state index in [2.05, 4.69) is 0 Å². The van der Waals surface area contributed by atoms with Gasteiger partial charge in [0.15, 0.2) is 0 Å². The van der Waals surface area contributed by atoms with Gasteiger partial charge >= 0.3 is 0 Å². The number of carbonyl (C=O) groups excluding carboxylic acids is 2. The van der Waals surface area contributed by atoms with Crippen LogP contribution in [-0.4, -0.2) is 47.8 Å². The summed E-state index contributed by atoms with van der Waals surface area (Å²) in [6, 6.07) is 4.86. The summed E-state index contributed by atoms with van der Waals surface area (Å²) in [6.07, 6.45) is 0.779. The van der Waals surface area contributed by atoms with E-state index in [0.29, 0.717) is 42.5 Å². The van der Waals surface area contributed by atoms with Gasteiger partial charge in [0.1, 0.15) is 0 Å². The van der Waals surface area contributed by atoms with Crippen molar-refractivity contribution in [1.29, 1.82) is 0 Å². The summed E-state index contributed by atoms with van der Waals surface area (Å²) >= 11 is 5.93. The number of amides is 2. The van der Waals surface area contributed by atoms with Crippen LogP contribution in [0.4, 0.5) is 5.69 Å². The van der Waals surface area contributed by atoms with Gasteiger partial charge < -0.3 is 15.5 Å². The maximum Gasteiger partial charge on any atom is 0.254 e. The Morgan fingerprint density at radius 1 is 1.10 bits per heavy atom. The first kappa shape index (κ1) is 14.7. The van der Waals surface area contributed by atoms with Gasteiger partial charge in [0, 0.05) is 49.4 Å². The summed E-state index contributed by atoms with van der Waals surface area (Å²) < 4.78 is 0. The molecule has 20 heavy (non-hydrogen) atoms. The molecule has 1 heterocycles. The quantitative estimate of drug-likeness (QED) is 0.801. The number of nitrogens with two attached hydrogens (primary N) is 1. The van der Waals surface area contributed by atoms with E-state index >= 15 is 0 Å². The minimum atomic E-state index is -0.0930. The number of hydrogen-bond acceptors (Lipinski definition) is 3. The number of halogens is 1. The molecule has 1 aliphatic rings. The van der Waals surface area contributed by atoms with Crippen LogP contribution in [0.15, 0.2) is 18.2 Å². The molecule has 2 rings (SSSR count). The smallest absolute Gasteiger partial charge is 0.254 e. The van der Waals surface area contributed by atoms with Crippen LogP contribution in [0, 0.1) is 0 Å². The molecular formula is C14H18ClN3O2. The normalized spacial score (nSPS) is 15.9. The highest BCUT2D eigenvalue weighted by Crippen LogP contribution is 2.18. The lowest BCUT2D eigenvalue weighted by Gasteiger charge is -2.21. The Morgan fingerprint density at radius 2 is 1.75 bits per heavy atom. The van der Waals surface area contributed by atoms with Crippen molar-refractivity contribution in [2.24, 2.45) is 0 Å². The molecule has 0 saturated carbocycles. The van der Waals surface area contributed by atoms with E-state index < -0.39 is 0 Å². The van der Waals surface area contributed by atoms with Crippen LogP contribution < -0.4 is 5.73 Å². The van der Waals surface area contributed by atoms with Crippen molar-refractivity contribution in [3.8, 4) is 0 Å². The summed E-state index contributed by atoms with van der Waals surface area (Å²) in [4.78, 5) is 27.3. The molecule has 0 unspecified atom stereocenters. The molecule has 6 heteroatoms. The molecule has 0 atom stereocenters. The zero-order valence-electron chi connectivity index (χ0n) is 11.4. The zero-order chi connectivity index (χ0) is 14.7. The van der Waals surface area contributed by atoms with Crippen molar-refractivity contribution >= 4 is 29.1 Å². The molecule has 2 N–H and O–H groups in total. The van der Waals surface area contributed by atoms with Gasteiger partial charge in [-0.3, -0.25) is 9.59 Å². The third kappa shape index (κ3) is 3.42. The van der Waals surface area contributed by atoms with E-state index in [1.165, 1.54) is 0 Å². The summed E-state index contributed by atoms with van der Waals surface area (Å²) in [5, 5.41) is 0.452. The lowest BCUT2D eigenvalue weighted by Crippen LogP contribution is -2.36. The molecule has 0 bridgehead atoms. The molecule has 108 valence electrons. The molecule has 0 aromatic heterocycles. The monoisotopic (exact) mass is 295 g/mol. The highest BCUT2D eigenvalue weighted by atomic mass is 35.5. The van der Waals surface area contributed by atoms with Crippen LogP contribution in [0.25, 0.3) is 0 Å². The second kappa shape index (κ2) is 6.13. The molecule has 0 aliphatic carbocycles. The first-order valence-corrected chi connectivity index (χ1v) is 6.96. The number of rotatable bonds is 1. The molecule has 2 amide bonds. The van der Waals surface area contributed by atoms with Crippen molar-refractivity contribution in [1.82, 2.24) is 9.80 Å². The van der Waals surface area contributed by atoms with E-state index in [1.54, 1.807) is 34.9 Å². The van der Waals surface area contributed by atoms with Crippen molar-refractivity contribution in [2.45, 2.75) is 13.3 Å². The molecular weight excluding hydrogens is 278 g/mol. The van der Waals surface area contributed by atoms with Crippen molar-refractivity contribution < 1.29 is 9.59 Å². The number of nitrogen functional groups attached to an aromatic ring is 1. The summed E-state index contributed by atoms with van der Waals surface area (Å²) in [5.74, 6) is -0.0455. The highest BCUT2D eigenvalue weighted by molar-refractivity contribution is 6.31. The SMILES string of the molecule is CC(=O)N1CCCN(C(=O)c2cc(N)cc(Cl)c2)CC1. The Labute approximate surface area is 123 Å². The van der Waals surface area contributed by atoms with Gasteiger partial charge in [-0.1, -0.05) is 11.6 Å². The fourth-order valence-corrected chi connectivity index (χ4v) is 2.60. The van der Waals surface area contributed by atoms with Crippen LogP contribution in [0.5, 0.6) is 0 Å². The van der Waals surface area contributed by atoms with Crippen molar-refractivity contribution in [2.75, 3.05) is 31.9 Å². The van der Waals surface area contributed by atoms with Crippen molar-refractivity contribution in [3.63, 3.8) is 0 Å². The Hall–Kier alpha value is -1.75. The van der Waals surface area contributed by atoms with E-state index in [9.17, 15) is 9.59 Å². The number of carbonyl (C=O) groups is 2. The van der Waals surface area contributed by atoms with Gasteiger partial charge in [-0.05, 0) is 24.6 Å². The van der Waals surface area contributed by atoms with Crippen LogP contribution in [0.1, 0.15) is 23.7 Å². The third-order valence-electron chi connectivity index (χ3n) is 3.40. The van der Waals surface area contributed by atoms with Gasteiger partial charge in [-0.15, -0.1) is 0 Å². The second-order valence-corrected chi connectivity index (χ2v) is 5.36. The molecule has 1 aromatic rings. The van der Waals surface area contributed by atoms with E-state index in [0.717, 1.165) is 6.42 Å². The molecule has 5 nitrogen and oxygen atoms in total. The van der Waals surface area contributed by atoms with Crippen LogP contribution in [0.2, 0.25) is 5.02 Å². The maximum atomic E-state index is 12.4. The number of benzene rings is 1. The molecule has 1 fully saturated rings. The Balaban J connectivity index is 2.11. The third-order valence-corrected chi connectivity index (χ3v) is 3.61. The van der Waals surface area contributed by atoms with E-state index in [4.69, 9.17) is 17.3 Å². The highest BCUT2D eigenvalue weighted by Gasteiger charge is 2.21. The topological polar surface area (TPSA) is 66.6 Å². The van der Waals surface area contributed by atoms with Gasteiger partial charge in [0.25, 0.3) is 5.91 Å². The predicted octanol–water partition coefficient (Wildman–Crippen LogP) is 1.62. The minimum absolute atomic E-state index is 0.0475. The first-order chi connectivity index (χ1) is 9.47. The van der Waals surface area contributed by atoms with Crippen LogP contribution >= 0.6 is 11.6 Å².